The van der Waals surface area contributed by atoms with Crippen LogP contribution in [0.25, 0.3) is 5.78 Å². The molecule has 0 saturated carbocycles. The van der Waals surface area contributed by atoms with Gasteiger partial charge in [0.25, 0.3) is 11.7 Å². The van der Waals surface area contributed by atoms with Gasteiger partial charge in [-0.15, -0.1) is 5.10 Å². The molecule has 2 N–H and O–H groups in total. The third-order valence-corrected chi connectivity index (χ3v) is 3.13. The molecule has 7 heteroatoms. The van der Waals surface area contributed by atoms with Gasteiger partial charge in [0.15, 0.2) is 0 Å². The van der Waals surface area contributed by atoms with Crippen LogP contribution in [0.2, 0.25) is 0 Å². The number of carbonyl (C=O) groups is 1. The quantitative estimate of drug-likeness (QED) is 0.833. The second-order valence-corrected chi connectivity index (χ2v) is 5.09. The molecule has 1 atom stereocenters. The minimum atomic E-state index is -0.423. The molecule has 20 heavy (non-hydrogen) atoms. The molecule has 0 bridgehead atoms. The SMILES string of the molecule is Cc1ccnc2nc(C(=O)NCCC(O)C(C)C)nn12. The Morgan fingerprint density at radius 2 is 2.25 bits per heavy atom. The summed E-state index contributed by atoms with van der Waals surface area (Å²) in [5.41, 5.74) is 0.858. The zero-order chi connectivity index (χ0) is 14.7. The predicted molar refractivity (Wildman–Crippen MR) is 73.3 cm³/mol. The fourth-order valence-electron chi connectivity index (χ4n) is 1.75. The molecule has 0 aliphatic heterocycles. The van der Waals surface area contributed by atoms with Gasteiger partial charge >= 0.3 is 0 Å². The Labute approximate surface area is 117 Å². The van der Waals surface area contributed by atoms with Crippen LogP contribution in [0.4, 0.5) is 0 Å². The highest BCUT2D eigenvalue weighted by Crippen LogP contribution is 2.05. The number of aliphatic hydroxyl groups is 1. The van der Waals surface area contributed by atoms with Gasteiger partial charge in [-0.25, -0.2) is 9.50 Å². The highest BCUT2D eigenvalue weighted by atomic mass is 16.3. The lowest BCUT2D eigenvalue weighted by Crippen LogP contribution is -2.29. The van der Waals surface area contributed by atoms with Crippen molar-refractivity contribution in [3.05, 3.63) is 23.8 Å². The lowest BCUT2D eigenvalue weighted by atomic mass is 10.0. The fourth-order valence-corrected chi connectivity index (χ4v) is 1.75. The second kappa shape index (κ2) is 5.96. The van der Waals surface area contributed by atoms with Gasteiger partial charge < -0.3 is 10.4 Å². The van der Waals surface area contributed by atoms with Crippen molar-refractivity contribution < 1.29 is 9.90 Å². The van der Waals surface area contributed by atoms with E-state index < -0.39 is 6.10 Å². The first-order valence-electron chi connectivity index (χ1n) is 6.63. The van der Waals surface area contributed by atoms with Crippen molar-refractivity contribution in [1.82, 2.24) is 24.9 Å². The van der Waals surface area contributed by atoms with E-state index in [0.717, 1.165) is 5.69 Å². The van der Waals surface area contributed by atoms with Gasteiger partial charge in [-0.2, -0.15) is 4.98 Å². The van der Waals surface area contributed by atoms with E-state index >= 15 is 0 Å². The summed E-state index contributed by atoms with van der Waals surface area (Å²) in [6.45, 7) is 6.12. The van der Waals surface area contributed by atoms with Crippen molar-refractivity contribution >= 4 is 11.7 Å². The van der Waals surface area contributed by atoms with Crippen molar-refractivity contribution in [2.24, 2.45) is 5.92 Å². The molecule has 2 rings (SSSR count). The summed E-state index contributed by atoms with van der Waals surface area (Å²) in [7, 11) is 0. The number of nitrogens with one attached hydrogen (secondary N) is 1. The van der Waals surface area contributed by atoms with Crippen LogP contribution in [0.5, 0.6) is 0 Å². The monoisotopic (exact) mass is 277 g/mol. The predicted octanol–water partition coefficient (Wildman–Crippen LogP) is 0.570. The summed E-state index contributed by atoms with van der Waals surface area (Å²) in [6, 6.07) is 1.79. The second-order valence-electron chi connectivity index (χ2n) is 5.09. The van der Waals surface area contributed by atoms with Crippen molar-refractivity contribution in [3.8, 4) is 0 Å². The summed E-state index contributed by atoms with van der Waals surface area (Å²) in [5, 5.41) is 16.5. The number of carbonyl (C=O) groups excluding carboxylic acids is 1. The van der Waals surface area contributed by atoms with E-state index in [1.807, 2.05) is 20.8 Å². The molecule has 108 valence electrons. The van der Waals surface area contributed by atoms with Crippen LogP contribution in [-0.4, -0.2) is 43.2 Å². The highest BCUT2D eigenvalue weighted by Gasteiger charge is 2.15. The molecular weight excluding hydrogens is 258 g/mol. The third kappa shape index (κ3) is 3.11. The molecule has 1 amide bonds. The van der Waals surface area contributed by atoms with Gasteiger partial charge in [-0.1, -0.05) is 13.8 Å². The molecule has 2 aromatic heterocycles. The van der Waals surface area contributed by atoms with Crippen molar-refractivity contribution in [1.29, 1.82) is 0 Å². The van der Waals surface area contributed by atoms with Gasteiger partial charge in [-0.3, -0.25) is 4.79 Å². The van der Waals surface area contributed by atoms with Gasteiger partial charge in [0.1, 0.15) is 0 Å². The summed E-state index contributed by atoms with van der Waals surface area (Å²) in [6.07, 6.45) is 1.71. The summed E-state index contributed by atoms with van der Waals surface area (Å²) in [5.74, 6) is 0.307. The van der Waals surface area contributed by atoms with Gasteiger partial charge in [0.05, 0.1) is 6.10 Å². The zero-order valence-corrected chi connectivity index (χ0v) is 11.9. The molecule has 7 nitrogen and oxygen atoms in total. The molecule has 1 unspecified atom stereocenters. The van der Waals surface area contributed by atoms with Crippen LogP contribution in [-0.2, 0) is 0 Å². The molecular formula is C13H19N5O2. The van der Waals surface area contributed by atoms with Crippen molar-refractivity contribution in [3.63, 3.8) is 0 Å². The zero-order valence-electron chi connectivity index (χ0n) is 11.9. The maximum atomic E-state index is 11.9. The highest BCUT2D eigenvalue weighted by molar-refractivity contribution is 5.90. The van der Waals surface area contributed by atoms with E-state index in [4.69, 9.17) is 0 Å². The third-order valence-electron chi connectivity index (χ3n) is 3.13. The van der Waals surface area contributed by atoms with E-state index in [1.165, 1.54) is 4.52 Å². The number of aliphatic hydroxyl groups excluding tert-OH is 1. The largest absolute Gasteiger partial charge is 0.393 e. The summed E-state index contributed by atoms with van der Waals surface area (Å²) >= 11 is 0. The van der Waals surface area contributed by atoms with Crippen LogP contribution in [0, 0.1) is 12.8 Å². The van der Waals surface area contributed by atoms with Crippen LogP contribution in [0.1, 0.15) is 36.6 Å². The number of amides is 1. The Balaban J connectivity index is 1.99. The first-order valence-corrected chi connectivity index (χ1v) is 6.63. The van der Waals surface area contributed by atoms with Crippen molar-refractivity contribution in [2.45, 2.75) is 33.3 Å². The molecule has 0 aliphatic carbocycles. The number of fused-ring (bicyclic) bond motifs is 1. The van der Waals surface area contributed by atoms with E-state index in [0.29, 0.717) is 18.7 Å². The first-order chi connectivity index (χ1) is 9.49. The molecule has 0 aliphatic rings. The van der Waals surface area contributed by atoms with Gasteiger partial charge in [0, 0.05) is 18.4 Å². The molecule has 2 heterocycles. The topological polar surface area (TPSA) is 92.4 Å². The van der Waals surface area contributed by atoms with E-state index in [-0.39, 0.29) is 17.6 Å². The Bertz CT molecular complexity index is 608. The smallest absolute Gasteiger partial charge is 0.291 e. The Kier molecular flexibility index (Phi) is 4.29. The number of aryl methyl sites for hydroxylation is 1. The van der Waals surface area contributed by atoms with Crippen LogP contribution in [0.15, 0.2) is 12.3 Å². The number of aromatic nitrogens is 4. The molecule has 0 spiro atoms. The van der Waals surface area contributed by atoms with Crippen LogP contribution < -0.4 is 5.32 Å². The number of hydrogen-bond acceptors (Lipinski definition) is 5. The Morgan fingerprint density at radius 1 is 1.50 bits per heavy atom. The van der Waals surface area contributed by atoms with Crippen molar-refractivity contribution in [2.75, 3.05) is 6.54 Å². The maximum Gasteiger partial charge on any atom is 0.291 e. The van der Waals surface area contributed by atoms with Gasteiger partial charge in [-0.05, 0) is 25.3 Å². The first kappa shape index (κ1) is 14.4. The van der Waals surface area contributed by atoms with Crippen LogP contribution >= 0.6 is 0 Å². The lowest BCUT2D eigenvalue weighted by molar-refractivity contribution is 0.0911. The minimum Gasteiger partial charge on any atom is -0.393 e. The Hall–Kier alpha value is -2.02. The normalized spacial score (nSPS) is 12.8. The maximum absolute atomic E-state index is 11.9. The molecule has 2 aromatic rings. The molecule has 0 fully saturated rings. The van der Waals surface area contributed by atoms with E-state index in [1.54, 1.807) is 12.3 Å². The molecule has 0 aromatic carbocycles. The van der Waals surface area contributed by atoms with Gasteiger partial charge in [0.2, 0.25) is 5.82 Å². The minimum absolute atomic E-state index is 0.0887. The Morgan fingerprint density at radius 3 is 2.90 bits per heavy atom. The summed E-state index contributed by atoms with van der Waals surface area (Å²) < 4.78 is 1.53. The number of hydrogen-bond donors (Lipinski definition) is 2. The van der Waals surface area contributed by atoms with Crippen LogP contribution in [0.3, 0.4) is 0 Å². The van der Waals surface area contributed by atoms with E-state index in [9.17, 15) is 9.90 Å². The summed E-state index contributed by atoms with van der Waals surface area (Å²) in [4.78, 5) is 20.0. The van der Waals surface area contributed by atoms with E-state index in [2.05, 4.69) is 20.4 Å². The fraction of sp³-hybridized carbons (Fsp3) is 0.538. The average Bonchev–Trinajstić information content (AvgIpc) is 2.84. The average molecular weight is 277 g/mol. The molecule has 0 saturated heterocycles. The lowest BCUT2D eigenvalue weighted by Gasteiger charge is -2.13. The molecule has 0 radical (unpaired) electrons. The number of nitrogens with zero attached hydrogens (tertiary/aromatic N) is 4. The standard InChI is InChI=1S/C13H19N5O2/c1-8(2)10(19)5-7-14-12(20)11-16-13-15-6-4-9(3)18(13)17-11/h4,6,8,10,19H,5,7H2,1-3H3,(H,14,20). The number of rotatable bonds is 5.